The van der Waals surface area contributed by atoms with E-state index in [0.29, 0.717) is 5.92 Å². The van der Waals surface area contributed by atoms with Crippen molar-refractivity contribution in [1.82, 2.24) is 19.4 Å². The van der Waals surface area contributed by atoms with Crippen molar-refractivity contribution in [2.24, 2.45) is 0 Å². The molecular weight excluding hydrogens is 412 g/mol. The van der Waals surface area contributed by atoms with E-state index in [0.717, 1.165) is 50.2 Å². The number of piperidine rings is 1. The van der Waals surface area contributed by atoms with Crippen molar-refractivity contribution in [1.29, 1.82) is 0 Å². The Bertz CT molecular complexity index is 1140. The largest absolute Gasteiger partial charge is 0.364 e. The lowest BCUT2D eigenvalue weighted by Crippen LogP contribution is -2.32. The molecule has 0 amide bonds. The first-order valence-electron chi connectivity index (χ1n) is 11.8. The molecule has 3 aromatic heterocycles. The molecule has 1 unspecified atom stereocenters. The summed E-state index contributed by atoms with van der Waals surface area (Å²) >= 11 is 0. The van der Waals surface area contributed by atoms with Crippen LogP contribution in [0.5, 0.6) is 0 Å². The maximum absolute atomic E-state index is 9.84. The van der Waals surface area contributed by atoms with Crippen LogP contribution >= 0.6 is 0 Å². The summed E-state index contributed by atoms with van der Waals surface area (Å²) in [6, 6.07) is 8.74. The highest BCUT2D eigenvalue weighted by Gasteiger charge is 2.22. The molecule has 4 heterocycles. The molecule has 0 aromatic carbocycles. The van der Waals surface area contributed by atoms with E-state index in [1.54, 1.807) is 0 Å². The number of ether oxygens (including phenoxy) is 1. The molecule has 1 N–H and O–H groups in total. The van der Waals surface area contributed by atoms with Crippen LogP contribution in [0.2, 0.25) is 0 Å². The van der Waals surface area contributed by atoms with Crippen molar-refractivity contribution in [3.63, 3.8) is 0 Å². The summed E-state index contributed by atoms with van der Waals surface area (Å²) in [7, 11) is 1.53. The zero-order chi connectivity index (χ0) is 22.6. The Kier molecular flexibility index (Phi) is 6.67. The van der Waals surface area contributed by atoms with Gasteiger partial charge in [0.15, 0.2) is 6.29 Å². The quantitative estimate of drug-likeness (QED) is 0.547. The molecule has 1 fully saturated rings. The first-order chi connectivity index (χ1) is 16.2. The molecule has 0 bridgehead atoms. The van der Waals surface area contributed by atoms with Gasteiger partial charge in [0.25, 0.3) is 0 Å². The zero-order valence-corrected chi connectivity index (χ0v) is 19.2. The number of fused-ring (bicyclic) bond motifs is 1. The van der Waals surface area contributed by atoms with Crippen LogP contribution in [0.3, 0.4) is 0 Å². The van der Waals surface area contributed by atoms with Crippen LogP contribution in [-0.2, 0) is 17.8 Å². The first kappa shape index (κ1) is 22.0. The molecule has 3 aromatic rings. The van der Waals surface area contributed by atoms with Crippen LogP contribution in [-0.4, -0.2) is 51.0 Å². The van der Waals surface area contributed by atoms with Crippen molar-refractivity contribution < 1.29 is 9.84 Å². The van der Waals surface area contributed by atoms with E-state index in [-0.39, 0.29) is 0 Å². The van der Waals surface area contributed by atoms with E-state index in [1.165, 1.54) is 42.0 Å². The van der Waals surface area contributed by atoms with E-state index < -0.39 is 6.29 Å². The standard InChI is InChI=1S/C27H32N4O2/c1-33-27(32)23-4-2-20(3-5-23)19-31-15-10-24-16-25(17-29-26(24)31)22-8-13-30(14-9-22)18-21-6-11-28-12-7-21/h2,4,6-7,10-12,15-17,22,27,32H,3,5,8-9,13-14,18-19H2,1H3. The van der Waals surface area contributed by atoms with Gasteiger partial charge in [0.05, 0.1) is 0 Å². The number of methoxy groups -OCH3 is 1. The van der Waals surface area contributed by atoms with Gasteiger partial charge in [0.2, 0.25) is 0 Å². The highest BCUT2D eigenvalue weighted by Crippen LogP contribution is 2.31. The fourth-order valence-corrected chi connectivity index (χ4v) is 5.02. The molecule has 6 nitrogen and oxygen atoms in total. The molecule has 0 spiro atoms. The lowest BCUT2D eigenvalue weighted by molar-refractivity contribution is -0.0468. The molecule has 1 aliphatic carbocycles. The minimum absolute atomic E-state index is 0.579. The number of aliphatic hydroxyl groups excluding tert-OH is 1. The second-order valence-electron chi connectivity index (χ2n) is 9.19. The minimum Gasteiger partial charge on any atom is -0.364 e. The molecular formula is C27H32N4O2. The number of pyridine rings is 2. The van der Waals surface area contributed by atoms with Crippen molar-refractivity contribution in [3.05, 3.63) is 83.5 Å². The summed E-state index contributed by atoms with van der Waals surface area (Å²) in [4.78, 5) is 11.5. The normalized spacial score (nSPS) is 18.8. The third kappa shape index (κ3) is 5.08. The van der Waals surface area contributed by atoms with Crippen LogP contribution in [0.25, 0.3) is 11.0 Å². The smallest absolute Gasteiger partial charge is 0.177 e. The summed E-state index contributed by atoms with van der Waals surface area (Å²) in [6.45, 7) is 4.07. The fraction of sp³-hybridized carbons (Fsp3) is 0.407. The lowest BCUT2D eigenvalue weighted by Gasteiger charge is -2.32. The minimum atomic E-state index is -0.794. The van der Waals surface area contributed by atoms with Gasteiger partial charge in [-0.3, -0.25) is 9.88 Å². The number of hydrogen-bond donors (Lipinski definition) is 1. The molecule has 1 saturated heterocycles. The summed E-state index contributed by atoms with van der Waals surface area (Å²) in [5, 5.41) is 11.1. The van der Waals surface area contributed by atoms with E-state index >= 15 is 0 Å². The van der Waals surface area contributed by atoms with Gasteiger partial charge in [-0.25, -0.2) is 4.98 Å². The van der Waals surface area contributed by atoms with E-state index in [1.807, 2.05) is 18.5 Å². The first-order valence-corrected chi connectivity index (χ1v) is 11.8. The van der Waals surface area contributed by atoms with Crippen molar-refractivity contribution in [2.45, 2.75) is 51.0 Å². The van der Waals surface area contributed by atoms with Crippen molar-refractivity contribution in [3.8, 4) is 0 Å². The Labute approximate surface area is 195 Å². The molecule has 5 rings (SSSR count). The third-order valence-corrected chi connectivity index (χ3v) is 7.02. The van der Waals surface area contributed by atoms with Gasteiger partial charge in [0.1, 0.15) is 5.65 Å². The van der Waals surface area contributed by atoms with Gasteiger partial charge in [-0.2, -0.15) is 0 Å². The Balaban J connectivity index is 1.22. The third-order valence-electron chi connectivity index (χ3n) is 7.02. The molecule has 172 valence electrons. The van der Waals surface area contributed by atoms with Gasteiger partial charge < -0.3 is 14.4 Å². The zero-order valence-electron chi connectivity index (χ0n) is 19.2. The second kappa shape index (κ2) is 10.00. The number of hydrogen-bond acceptors (Lipinski definition) is 5. The predicted octanol–water partition coefficient (Wildman–Crippen LogP) is 4.42. The molecule has 33 heavy (non-hydrogen) atoms. The maximum atomic E-state index is 9.84. The fourth-order valence-electron chi connectivity index (χ4n) is 5.02. The molecule has 0 saturated carbocycles. The summed E-state index contributed by atoms with van der Waals surface area (Å²) < 4.78 is 7.25. The van der Waals surface area contributed by atoms with Crippen molar-refractivity contribution >= 4 is 11.0 Å². The average molecular weight is 445 g/mol. The van der Waals surface area contributed by atoms with E-state index in [9.17, 15) is 5.11 Å². The van der Waals surface area contributed by atoms with Crippen LogP contribution < -0.4 is 0 Å². The summed E-state index contributed by atoms with van der Waals surface area (Å²) in [5.74, 6) is 0.579. The molecule has 2 aliphatic rings. The monoisotopic (exact) mass is 444 g/mol. The second-order valence-corrected chi connectivity index (χ2v) is 9.19. The van der Waals surface area contributed by atoms with Crippen LogP contribution in [0, 0.1) is 0 Å². The van der Waals surface area contributed by atoms with Gasteiger partial charge in [-0.05, 0) is 85.7 Å². The van der Waals surface area contributed by atoms with Crippen LogP contribution in [0.1, 0.15) is 42.7 Å². The predicted molar refractivity (Wildman–Crippen MR) is 130 cm³/mol. The maximum Gasteiger partial charge on any atom is 0.177 e. The number of aromatic nitrogens is 3. The molecule has 1 aliphatic heterocycles. The van der Waals surface area contributed by atoms with Crippen molar-refractivity contribution in [2.75, 3.05) is 20.2 Å². The highest BCUT2D eigenvalue weighted by molar-refractivity contribution is 5.77. The van der Waals surface area contributed by atoms with Gasteiger partial charge in [-0.1, -0.05) is 17.7 Å². The average Bonchev–Trinajstić information content (AvgIpc) is 3.27. The number of allylic oxidation sites excluding steroid dienone is 3. The lowest BCUT2D eigenvalue weighted by atomic mass is 9.90. The summed E-state index contributed by atoms with van der Waals surface area (Å²) in [5.41, 5.74) is 6.02. The number of aliphatic hydroxyl groups is 1. The highest BCUT2D eigenvalue weighted by atomic mass is 16.6. The Morgan fingerprint density at radius 2 is 1.91 bits per heavy atom. The number of rotatable bonds is 7. The SMILES string of the molecule is COC(O)C1=CC=C(Cn2ccc3cc(C4CCN(Cc5ccncc5)CC4)cnc32)CC1. The summed E-state index contributed by atoms with van der Waals surface area (Å²) in [6.07, 6.45) is 15.4. The molecule has 0 radical (unpaired) electrons. The van der Waals surface area contributed by atoms with E-state index in [4.69, 9.17) is 9.72 Å². The van der Waals surface area contributed by atoms with Crippen LogP contribution in [0.4, 0.5) is 0 Å². The topological polar surface area (TPSA) is 63.4 Å². The van der Waals surface area contributed by atoms with Gasteiger partial charge in [-0.15, -0.1) is 0 Å². The Hall–Kier alpha value is -2.80. The van der Waals surface area contributed by atoms with E-state index in [2.05, 4.69) is 57.2 Å². The number of nitrogens with zero attached hydrogens (tertiary/aromatic N) is 4. The van der Waals surface area contributed by atoms with Crippen LogP contribution in [0.15, 0.2) is 72.4 Å². The molecule has 6 heteroatoms. The Morgan fingerprint density at radius 1 is 1.09 bits per heavy atom. The van der Waals surface area contributed by atoms with Gasteiger partial charge in [0, 0.05) is 50.4 Å². The Morgan fingerprint density at radius 3 is 2.64 bits per heavy atom. The van der Waals surface area contributed by atoms with Gasteiger partial charge >= 0.3 is 0 Å². The number of likely N-dealkylation sites (tertiary alicyclic amines) is 1. The molecule has 1 atom stereocenters.